The van der Waals surface area contributed by atoms with Crippen molar-refractivity contribution in [2.45, 2.75) is 55.8 Å². The molecule has 3 saturated carbocycles. The van der Waals surface area contributed by atoms with Gasteiger partial charge in [0, 0.05) is 5.41 Å². The highest BCUT2D eigenvalue weighted by atomic mass is 32.2. The lowest BCUT2D eigenvalue weighted by Gasteiger charge is -2.52. The number of rotatable bonds is 3. The number of carbonyl (C=O) groups excluding carboxylic acids is 1. The summed E-state index contributed by atoms with van der Waals surface area (Å²) in [4.78, 5) is 11.8. The second-order valence-corrected chi connectivity index (χ2v) is 8.04. The van der Waals surface area contributed by atoms with E-state index in [0.717, 1.165) is 44.1 Å². The molecule has 0 radical (unpaired) electrons. The van der Waals surface area contributed by atoms with Gasteiger partial charge in [-0.3, -0.25) is 9.35 Å². The lowest BCUT2D eigenvalue weighted by molar-refractivity contribution is -0.133. The highest BCUT2D eigenvalue weighted by molar-refractivity contribution is 7.85. The molecule has 0 unspecified atom stereocenters. The van der Waals surface area contributed by atoms with Gasteiger partial charge in [0.05, 0.1) is 4.90 Å². The van der Waals surface area contributed by atoms with Crippen LogP contribution in [-0.4, -0.2) is 18.8 Å². The minimum Gasteiger partial charge on any atom is -0.299 e. The fourth-order valence-corrected chi connectivity index (χ4v) is 4.61. The van der Waals surface area contributed by atoms with E-state index in [1.807, 2.05) is 12.1 Å². The molecule has 4 rings (SSSR count). The largest absolute Gasteiger partial charge is 0.299 e. The molecule has 1 aromatic rings. The van der Waals surface area contributed by atoms with Crippen molar-refractivity contribution in [3.63, 3.8) is 0 Å². The van der Waals surface area contributed by atoms with Gasteiger partial charge in [-0.15, -0.1) is 0 Å². The van der Waals surface area contributed by atoms with E-state index in [1.54, 1.807) is 6.92 Å². The molecule has 0 aromatic heterocycles. The van der Waals surface area contributed by atoms with Crippen LogP contribution in [0.4, 0.5) is 0 Å². The fraction of sp³-hybridized carbons (Fsp3) is 0.562. The first-order valence-corrected chi connectivity index (χ1v) is 8.81. The van der Waals surface area contributed by atoms with Gasteiger partial charge in [0.2, 0.25) is 0 Å². The second kappa shape index (κ2) is 4.65. The summed E-state index contributed by atoms with van der Waals surface area (Å²) >= 11 is 0. The van der Waals surface area contributed by atoms with E-state index in [4.69, 9.17) is 4.55 Å². The first kappa shape index (κ1) is 14.7. The molecule has 0 amide bonds. The average molecular weight is 308 g/mol. The van der Waals surface area contributed by atoms with E-state index in [1.165, 1.54) is 12.1 Å². The molecule has 1 N–H and O–H groups in total. The third-order valence-electron chi connectivity index (χ3n) is 5.76. The monoisotopic (exact) mass is 308 g/mol. The Morgan fingerprint density at radius 3 is 1.86 bits per heavy atom. The lowest BCUT2D eigenvalue weighted by Crippen LogP contribution is -2.47. The van der Waals surface area contributed by atoms with Gasteiger partial charge in [-0.2, -0.15) is 8.42 Å². The maximum absolute atomic E-state index is 11.9. The zero-order valence-electron chi connectivity index (χ0n) is 12.1. The molecule has 0 saturated heterocycles. The van der Waals surface area contributed by atoms with Crippen LogP contribution in [0.3, 0.4) is 0 Å². The maximum Gasteiger partial charge on any atom is 0.294 e. The summed E-state index contributed by atoms with van der Waals surface area (Å²) in [6.45, 7) is 1.71. The molecule has 1 aromatic carbocycles. The van der Waals surface area contributed by atoms with Crippen molar-refractivity contribution in [2.75, 3.05) is 0 Å². The fourth-order valence-electron chi connectivity index (χ4n) is 4.13. The Balaban J connectivity index is 1.88. The predicted octanol–water partition coefficient (Wildman–Crippen LogP) is 3.11. The van der Waals surface area contributed by atoms with Gasteiger partial charge in [0.1, 0.15) is 5.78 Å². The van der Waals surface area contributed by atoms with Crippen LogP contribution in [0.2, 0.25) is 0 Å². The van der Waals surface area contributed by atoms with Gasteiger partial charge in [0.25, 0.3) is 10.1 Å². The quantitative estimate of drug-likeness (QED) is 0.871. The van der Waals surface area contributed by atoms with Crippen molar-refractivity contribution in [3.8, 4) is 0 Å². The highest BCUT2D eigenvalue weighted by Crippen LogP contribution is 2.58. The van der Waals surface area contributed by atoms with Crippen LogP contribution in [0, 0.1) is 5.41 Å². The molecule has 4 nitrogen and oxygen atoms in total. The van der Waals surface area contributed by atoms with Crippen molar-refractivity contribution < 1.29 is 17.8 Å². The molecule has 0 aliphatic heterocycles. The minimum atomic E-state index is -4.13. The summed E-state index contributed by atoms with van der Waals surface area (Å²) in [5, 5.41) is 0. The van der Waals surface area contributed by atoms with Gasteiger partial charge in [-0.25, -0.2) is 0 Å². The first-order chi connectivity index (χ1) is 9.78. The second-order valence-electron chi connectivity index (χ2n) is 6.62. The SMILES string of the molecule is CC(=O)C12CCC(c3ccc(S(=O)(=O)O)cc3)(CC1)CC2. The van der Waals surface area contributed by atoms with E-state index in [9.17, 15) is 13.2 Å². The van der Waals surface area contributed by atoms with E-state index in [0.29, 0.717) is 5.78 Å². The summed E-state index contributed by atoms with van der Waals surface area (Å²) < 4.78 is 31.3. The normalized spacial score (nSPS) is 32.1. The van der Waals surface area contributed by atoms with E-state index in [-0.39, 0.29) is 15.7 Å². The Kier molecular flexibility index (Phi) is 3.26. The van der Waals surface area contributed by atoms with Gasteiger partial charge < -0.3 is 0 Å². The third kappa shape index (κ3) is 2.32. The topological polar surface area (TPSA) is 71.4 Å². The Morgan fingerprint density at radius 2 is 1.48 bits per heavy atom. The molecule has 0 atom stereocenters. The zero-order chi connectivity index (χ0) is 15.3. The minimum absolute atomic E-state index is 0.0626. The van der Waals surface area contributed by atoms with Gasteiger partial charge >= 0.3 is 0 Å². The summed E-state index contributed by atoms with van der Waals surface area (Å²) in [6, 6.07) is 6.58. The number of Topliss-reactive ketones (excluding diaryl/α,β-unsaturated/α-hetero) is 1. The molecule has 5 heteroatoms. The number of benzene rings is 1. The highest BCUT2D eigenvalue weighted by Gasteiger charge is 2.51. The summed E-state index contributed by atoms with van der Waals surface area (Å²) in [7, 11) is -4.13. The zero-order valence-corrected chi connectivity index (χ0v) is 12.9. The Bertz CT molecular complexity index is 648. The molecule has 3 aliphatic rings. The number of hydrogen-bond donors (Lipinski definition) is 1. The Morgan fingerprint density at radius 1 is 1.00 bits per heavy atom. The summed E-state index contributed by atoms with van der Waals surface area (Å²) in [6.07, 6.45) is 5.75. The van der Waals surface area contributed by atoms with E-state index < -0.39 is 10.1 Å². The Labute approximate surface area is 125 Å². The van der Waals surface area contributed by atoms with Gasteiger partial charge in [-0.1, -0.05) is 12.1 Å². The first-order valence-electron chi connectivity index (χ1n) is 7.37. The van der Waals surface area contributed by atoms with Crippen LogP contribution in [0.1, 0.15) is 51.0 Å². The molecular weight excluding hydrogens is 288 g/mol. The van der Waals surface area contributed by atoms with E-state index in [2.05, 4.69) is 0 Å². The molecule has 2 bridgehead atoms. The van der Waals surface area contributed by atoms with Crippen LogP contribution < -0.4 is 0 Å². The molecule has 0 spiro atoms. The summed E-state index contributed by atoms with van der Waals surface area (Å²) in [5.41, 5.74) is 1.11. The molecule has 0 heterocycles. The molecule has 21 heavy (non-hydrogen) atoms. The number of ketones is 1. The third-order valence-corrected chi connectivity index (χ3v) is 6.63. The van der Waals surface area contributed by atoms with Crippen LogP contribution in [0.25, 0.3) is 0 Å². The average Bonchev–Trinajstić information content (AvgIpc) is 2.48. The predicted molar refractivity (Wildman–Crippen MR) is 78.8 cm³/mol. The van der Waals surface area contributed by atoms with Crippen molar-refractivity contribution in [1.82, 2.24) is 0 Å². The maximum atomic E-state index is 11.9. The van der Waals surface area contributed by atoms with Crippen molar-refractivity contribution in [1.29, 1.82) is 0 Å². The van der Waals surface area contributed by atoms with E-state index >= 15 is 0 Å². The molecule has 114 valence electrons. The lowest BCUT2D eigenvalue weighted by atomic mass is 9.51. The number of carbonyl (C=O) groups is 1. The van der Waals surface area contributed by atoms with Gasteiger partial charge in [-0.05, 0) is 68.6 Å². The van der Waals surface area contributed by atoms with Crippen LogP contribution in [0.5, 0.6) is 0 Å². The van der Waals surface area contributed by atoms with Crippen molar-refractivity contribution >= 4 is 15.9 Å². The molecule has 3 fully saturated rings. The standard InChI is InChI=1S/C16H20O4S/c1-12(17)15-6-9-16(10-7-15,11-8-15)13-2-4-14(5-3-13)21(18,19)20/h2-5H,6-11H2,1H3,(H,18,19,20). The van der Waals surface area contributed by atoms with Gasteiger partial charge in [0.15, 0.2) is 0 Å². The molecule has 3 aliphatic carbocycles. The van der Waals surface area contributed by atoms with Crippen molar-refractivity contribution in [3.05, 3.63) is 29.8 Å². The number of fused-ring (bicyclic) bond motifs is 3. The van der Waals surface area contributed by atoms with Crippen LogP contribution >= 0.6 is 0 Å². The van der Waals surface area contributed by atoms with Crippen molar-refractivity contribution in [2.24, 2.45) is 5.41 Å². The Hall–Kier alpha value is -1.20. The van der Waals surface area contributed by atoms with Crippen LogP contribution in [-0.2, 0) is 20.3 Å². The van der Waals surface area contributed by atoms with Crippen LogP contribution in [0.15, 0.2) is 29.2 Å². The number of hydrogen-bond acceptors (Lipinski definition) is 3. The smallest absolute Gasteiger partial charge is 0.294 e. The summed E-state index contributed by atoms with van der Waals surface area (Å²) in [5.74, 6) is 0.317. The molecular formula is C16H20O4S.